The molecule has 0 aliphatic carbocycles. The average molecular weight is 240 g/mol. The lowest BCUT2D eigenvalue weighted by Crippen LogP contribution is -2.55. The van der Waals surface area contributed by atoms with Crippen molar-refractivity contribution in [2.24, 2.45) is 0 Å². The summed E-state index contributed by atoms with van der Waals surface area (Å²) < 4.78 is 0. The minimum Gasteiger partial charge on any atom is -0.311 e. The Labute approximate surface area is 105 Å². The first-order valence-electron chi connectivity index (χ1n) is 6.26. The minimum absolute atomic E-state index is 0.666. The van der Waals surface area contributed by atoms with Crippen LogP contribution in [0.15, 0.2) is 0 Å². The highest BCUT2D eigenvalue weighted by Gasteiger charge is 2.23. The van der Waals surface area contributed by atoms with Gasteiger partial charge in [-0.1, -0.05) is 19.3 Å². The van der Waals surface area contributed by atoms with E-state index in [0.717, 1.165) is 18.1 Å². The number of hydrogen-bond acceptors (Lipinski definition) is 3. The molecule has 2 nitrogen and oxygen atoms in total. The second-order valence-electron chi connectivity index (χ2n) is 4.49. The first-order chi connectivity index (χ1) is 7.77. The number of nitrogens with zero attached hydrogens (tertiary/aromatic N) is 1. The van der Waals surface area contributed by atoms with Gasteiger partial charge in [-0.05, 0) is 13.3 Å². The molecule has 1 saturated heterocycles. The predicted octanol–water partition coefficient (Wildman–Crippen LogP) is 1.82. The maximum Gasteiger partial charge on any atom is 0.0545 e. The number of nitrogens with one attached hydrogen (secondary N) is 1. The second kappa shape index (κ2) is 8.00. The zero-order valence-corrected chi connectivity index (χ0v) is 11.4. The van der Waals surface area contributed by atoms with E-state index in [9.17, 15) is 0 Å². The van der Waals surface area contributed by atoms with Crippen LogP contribution < -0.4 is 5.32 Å². The molecule has 92 valence electrons. The fourth-order valence-electron chi connectivity index (χ4n) is 2.16. The van der Waals surface area contributed by atoms with Crippen molar-refractivity contribution in [1.82, 2.24) is 10.2 Å². The van der Waals surface area contributed by atoms with Crippen molar-refractivity contribution in [1.29, 1.82) is 0 Å². The molecule has 0 amide bonds. The Morgan fingerprint density at radius 1 is 1.56 bits per heavy atom. The molecule has 1 aliphatic rings. The van der Waals surface area contributed by atoms with Crippen molar-refractivity contribution in [3.63, 3.8) is 0 Å². The molecule has 0 bridgehead atoms. The van der Waals surface area contributed by atoms with Crippen molar-refractivity contribution in [3.05, 3.63) is 0 Å². The van der Waals surface area contributed by atoms with Gasteiger partial charge in [0.2, 0.25) is 0 Å². The molecule has 0 aromatic carbocycles. The minimum atomic E-state index is 0.666. The maximum absolute atomic E-state index is 5.24. The first kappa shape index (κ1) is 13.9. The molecule has 1 aliphatic heterocycles. The van der Waals surface area contributed by atoms with E-state index in [2.05, 4.69) is 30.0 Å². The standard InChI is InChI=1S/C13H24N2S/c1-4-6-13-11-15(12(3)10-14-13)7-9-16-8-5-2/h2,12-14H,4,6-11H2,1,3H3. The van der Waals surface area contributed by atoms with Gasteiger partial charge in [0.25, 0.3) is 0 Å². The Hall–Kier alpha value is -0.170. The molecule has 3 heteroatoms. The third kappa shape index (κ3) is 4.78. The Kier molecular flexibility index (Phi) is 6.95. The Balaban J connectivity index is 2.24. The smallest absolute Gasteiger partial charge is 0.0545 e. The van der Waals surface area contributed by atoms with E-state index in [0.29, 0.717) is 12.1 Å². The molecular formula is C13H24N2S. The Bertz CT molecular complexity index is 224. The molecule has 1 rings (SSSR count). The van der Waals surface area contributed by atoms with Crippen molar-refractivity contribution in [2.45, 2.75) is 38.8 Å². The van der Waals surface area contributed by atoms with Crippen LogP contribution in [0.4, 0.5) is 0 Å². The molecule has 0 aromatic heterocycles. The normalized spacial score (nSPS) is 26.6. The third-order valence-electron chi connectivity index (χ3n) is 3.13. The van der Waals surface area contributed by atoms with E-state index in [1.165, 1.54) is 25.9 Å². The lowest BCUT2D eigenvalue weighted by molar-refractivity contribution is 0.145. The molecular weight excluding hydrogens is 216 g/mol. The number of thioether (sulfide) groups is 1. The molecule has 2 unspecified atom stereocenters. The van der Waals surface area contributed by atoms with E-state index < -0.39 is 0 Å². The van der Waals surface area contributed by atoms with Crippen molar-refractivity contribution in [2.75, 3.05) is 31.1 Å². The van der Waals surface area contributed by atoms with Crippen LogP contribution in [0.3, 0.4) is 0 Å². The quantitative estimate of drug-likeness (QED) is 0.563. The molecule has 2 atom stereocenters. The Morgan fingerprint density at radius 2 is 2.38 bits per heavy atom. The van der Waals surface area contributed by atoms with Crippen molar-refractivity contribution < 1.29 is 0 Å². The molecule has 16 heavy (non-hydrogen) atoms. The van der Waals surface area contributed by atoms with Crippen LogP contribution in [0.1, 0.15) is 26.7 Å². The summed E-state index contributed by atoms with van der Waals surface area (Å²) in [6.07, 6.45) is 7.80. The van der Waals surface area contributed by atoms with Gasteiger partial charge < -0.3 is 5.32 Å². The number of terminal acetylenes is 1. The lowest BCUT2D eigenvalue weighted by Gasteiger charge is -2.38. The molecule has 0 saturated carbocycles. The summed E-state index contributed by atoms with van der Waals surface area (Å²) in [5.74, 6) is 4.68. The van der Waals surface area contributed by atoms with Gasteiger partial charge in [-0.2, -0.15) is 0 Å². The van der Waals surface area contributed by atoms with Crippen molar-refractivity contribution in [3.8, 4) is 12.3 Å². The van der Waals surface area contributed by atoms with E-state index in [1.807, 2.05) is 11.8 Å². The molecule has 0 aromatic rings. The van der Waals surface area contributed by atoms with Crippen LogP contribution in [-0.2, 0) is 0 Å². The van der Waals surface area contributed by atoms with Crippen LogP contribution in [0.5, 0.6) is 0 Å². The predicted molar refractivity (Wildman–Crippen MR) is 73.9 cm³/mol. The maximum atomic E-state index is 5.24. The summed E-state index contributed by atoms with van der Waals surface area (Å²) >= 11 is 1.87. The molecule has 1 N–H and O–H groups in total. The topological polar surface area (TPSA) is 15.3 Å². The highest BCUT2D eigenvalue weighted by Crippen LogP contribution is 2.11. The summed E-state index contributed by atoms with van der Waals surface area (Å²) in [6, 6.07) is 1.36. The monoisotopic (exact) mass is 240 g/mol. The molecule has 0 spiro atoms. The van der Waals surface area contributed by atoms with Gasteiger partial charge in [-0.25, -0.2) is 0 Å². The fourth-order valence-corrected chi connectivity index (χ4v) is 2.79. The highest BCUT2D eigenvalue weighted by atomic mass is 32.2. The summed E-state index contributed by atoms with van der Waals surface area (Å²) in [6.45, 7) is 8.07. The largest absolute Gasteiger partial charge is 0.311 e. The molecule has 1 fully saturated rings. The second-order valence-corrected chi connectivity index (χ2v) is 5.60. The highest BCUT2D eigenvalue weighted by molar-refractivity contribution is 7.99. The third-order valence-corrected chi connectivity index (χ3v) is 3.97. The van der Waals surface area contributed by atoms with Crippen LogP contribution in [-0.4, -0.2) is 48.1 Å². The lowest BCUT2D eigenvalue weighted by atomic mass is 10.1. The van der Waals surface area contributed by atoms with Gasteiger partial charge in [0.15, 0.2) is 0 Å². The summed E-state index contributed by atoms with van der Waals surface area (Å²) in [7, 11) is 0. The number of hydrogen-bond donors (Lipinski definition) is 1. The summed E-state index contributed by atoms with van der Waals surface area (Å²) in [4.78, 5) is 2.60. The van der Waals surface area contributed by atoms with Crippen LogP contribution >= 0.6 is 11.8 Å². The van der Waals surface area contributed by atoms with Crippen LogP contribution in [0.25, 0.3) is 0 Å². The summed E-state index contributed by atoms with van der Waals surface area (Å²) in [5.41, 5.74) is 0. The van der Waals surface area contributed by atoms with Gasteiger partial charge in [0.1, 0.15) is 0 Å². The van der Waals surface area contributed by atoms with E-state index in [-0.39, 0.29) is 0 Å². The zero-order chi connectivity index (χ0) is 11.8. The van der Waals surface area contributed by atoms with Gasteiger partial charge in [-0.3, -0.25) is 4.90 Å². The SMILES string of the molecule is C#CCSCCN1CC(CCC)NCC1C. The summed E-state index contributed by atoms with van der Waals surface area (Å²) in [5, 5.41) is 3.62. The average Bonchev–Trinajstić information content (AvgIpc) is 2.29. The molecule has 0 radical (unpaired) electrons. The zero-order valence-electron chi connectivity index (χ0n) is 10.5. The first-order valence-corrected chi connectivity index (χ1v) is 7.42. The van der Waals surface area contributed by atoms with E-state index >= 15 is 0 Å². The van der Waals surface area contributed by atoms with Gasteiger partial charge in [0.05, 0.1) is 5.75 Å². The van der Waals surface area contributed by atoms with Crippen molar-refractivity contribution >= 4 is 11.8 Å². The van der Waals surface area contributed by atoms with Gasteiger partial charge in [0, 0.05) is 37.5 Å². The van der Waals surface area contributed by atoms with Crippen LogP contribution in [0.2, 0.25) is 0 Å². The fraction of sp³-hybridized carbons (Fsp3) is 0.846. The van der Waals surface area contributed by atoms with Gasteiger partial charge >= 0.3 is 0 Å². The number of rotatable bonds is 6. The van der Waals surface area contributed by atoms with Crippen LogP contribution in [0, 0.1) is 12.3 Å². The number of piperazine rings is 1. The van der Waals surface area contributed by atoms with Gasteiger partial charge in [-0.15, -0.1) is 18.2 Å². The van der Waals surface area contributed by atoms with E-state index in [4.69, 9.17) is 6.42 Å². The van der Waals surface area contributed by atoms with E-state index in [1.54, 1.807) is 0 Å². The molecule has 1 heterocycles. The Morgan fingerprint density at radius 3 is 3.06 bits per heavy atom.